The first-order valence-electron chi connectivity index (χ1n) is 10.4. The van der Waals surface area contributed by atoms with E-state index in [-0.39, 0.29) is 5.69 Å². The van der Waals surface area contributed by atoms with Gasteiger partial charge in [-0.25, -0.2) is 19.7 Å². The summed E-state index contributed by atoms with van der Waals surface area (Å²) in [7, 11) is 0. The molecule has 2 heterocycles. The quantitative estimate of drug-likeness (QED) is 0.295. The lowest BCUT2D eigenvalue weighted by Crippen LogP contribution is -2.16. The SMILES string of the molecule is Cc1ccc([S+]([O-])Nc2nc3ccccc3nc2Nc2cccc3ccc(C(=O)O)nc23)cc1. The van der Waals surface area contributed by atoms with E-state index in [9.17, 15) is 14.5 Å². The number of anilines is 3. The van der Waals surface area contributed by atoms with E-state index in [1.165, 1.54) is 6.07 Å². The van der Waals surface area contributed by atoms with Crippen molar-refractivity contribution >= 4 is 56.6 Å². The molecule has 1 unspecified atom stereocenters. The summed E-state index contributed by atoms with van der Waals surface area (Å²) in [6.07, 6.45) is 0. The Bertz CT molecular complexity index is 1530. The second-order valence-corrected chi connectivity index (χ2v) is 8.81. The minimum Gasteiger partial charge on any atom is -0.588 e. The van der Waals surface area contributed by atoms with Crippen molar-refractivity contribution in [3.8, 4) is 0 Å². The van der Waals surface area contributed by atoms with Crippen molar-refractivity contribution < 1.29 is 14.5 Å². The number of hydrogen-bond donors (Lipinski definition) is 3. The van der Waals surface area contributed by atoms with Crippen LogP contribution in [0.15, 0.2) is 83.8 Å². The van der Waals surface area contributed by atoms with E-state index in [4.69, 9.17) is 0 Å². The molecule has 0 bridgehead atoms. The molecule has 9 heteroatoms. The zero-order valence-corrected chi connectivity index (χ0v) is 18.8. The normalized spacial score (nSPS) is 11.9. The lowest BCUT2D eigenvalue weighted by molar-refractivity contribution is 0.0691. The van der Waals surface area contributed by atoms with Crippen LogP contribution in [0.25, 0.3) is 21.9 Å². The fraction of sp³-hybridized carbons (Fsp3) is 0.0400. The van der Waals surface area contributed by atoms with Crippen molar-refractivity contribution in [3.63, 3.8) is 0 Å². The lowest BCUT2D eigenvalue weighted by atomic mass is 10.1. The smallest absolute Gasteiger partial charge is 0.354 e. The Morgan fingerprint density at radius 3 is 2.26 bits per heavy atom. The first-order valence-corrected chi connectivity index (χ1v) is 11.5. The number of rotatable bonds is 6. The van der Waals surface area contributed by atoms with Crippen LogP contribution in [0.3, 0.4) is 0 Å². The largest absolute Gasteiger partial charge is 0.588 e. The molecule has 168 valence electrons. The van der Waals surface area contributed by atoms with Crippen molar-refractivity contribution in [1.29, 1.82) is 0 Å². The number of para-hydroxylation sites is 3. The molecule has 0 saturated carbocycles. The molecule has 34 heavy (non-hydrogen) atoms. The van der Waals surface area contributed by atoms with E-state index >= 15 is 0 Å². The molecular formula is C25H19N5O3S. The molecule has 5 aromatic rings. The van der Waals surface area contributed by atoms with Gasteiger partial charge in [0.25, 0.3) is 0 Å². The Morgan fingerprint density at radius 1 is 0.853 bits per heavy atom. The Morgan fingerprint density at radius 2 is 1.56 bits per heavy atom. The number of aromatic nitrogens is 3. The van der Waals surface area contributed by atoms with Gasteiger partial charge in [-0.15, -0.1) is 0 Å². The summed E-state index contributed by atoms with van der Waals surface area (Å²) in [5.41, 5.74) is 3.32. The number of carbonyl (C=O) groups is 1. The van der Waals surface area contributed by atoms with Crippen LogP contribution < -0.4 is 10.0 Å². The Kier molecular flexibility index (Phi) is 5.70. The maximum Gasteiger partial charge on any atom is 0.354 e. The average molecular weight is 470 g/mol. The predicted molar refractivity (Wildman–Crippen MR) is 133 cm³/mol. The highest BCUT2D eigenvalue weighted by atomic mass is 32.2. The van der Waals surface area contributed by atoms with E-state index < -0.39 is 17.3 Å². The molecule has 1 atom stereocenters. The molecule has 0 aliphatic rings. The molecule has 0 spiro atoms. The van der Waals surface area contributed by atoms with Gasteiger partial charge >= 0.3 is 5.97 Å². The van der Waals surface area contributed by atoms with E-state index in [2.05, 4.69) is 25.0 Å². The third-order valence-electron chi connectivity index (χ3n) is 5.19. The van der Waals surface area contributed by atoms with Crippen LogP contribution in [0.5, 0.6) is 0 Å². The van der Waals surface area contributed by atoms with Gasteiger partial charge < -0.3 is 15.0 Å². The molecular weight excluding hydrogens is 450 g/mol. The number of aryl methyl sites for hydroxylation is 1. The summed E-state index contributed by atoms with van der Waals surface area (Å²) in [4.78, 5) is 25.7. The van der Waals surface area contributed by atoms with Crippen molar-refractivity contribution in [3.05, 3.63) is 90.1 Å². The van der Waals surface area contributed by atoms with Gasteiger partial charge in [-0.05, 0) is 43.3 Å². The maximum atomic E-state index is 13.0. The van der Waals surface area contributed by atoms with Gasteiger partial charge in [0.1, 0.15) is 17.1 Å². The van der Waals surface area contributed by atoms with Gasteiger partial charge in [0, 0.05) is 5.39 Å². The topological polar surface area (TPSA) is 123 Å². The number of nitrogens with one attached hydrogen (secondary N) is 2. The number of fused-ring (bicyclic) bond motifs is 2. The molecule has 8 nitrogen and oxygen atoms in total. The molecule has 0 fully saturated rings. The standard InChI is InChI=1S/C25H19N5O3S/c1-15-9-12-17(13-10-15)34(33)30-24-23(27-18-6-2-3-7-19(18)28-24)29-20-8-4-5-16-11-14-21(25(31)32)26-22(16)20/h2-14H,1H3,(H,27,29)(H,28,30)(H,31,32). The van der Waals surface area contributed by atoms with Crippen molar-refractivity contribution in [2.24, 2.45) is 0 Å². The van der Waals surface area contributed by atoms with E-state index in [1.807, 2.05) is 55.5 Å². The molecule has 0 saturated heterocycles. The summed E-state index contributed by atoms with van der Waals surface area (Å²) in [5, 5.41) is 13.3. The van der Waals surface area contributed by atoms with Crippen LogP contribution in [0.1, 0.15) is 16.1 Å². The Labute approximate surface area is 198 Å². The number of hydrogen-bond acceptors (Lipinski definition) is 7. The van der Waals surface area contributed by atoms with Crippen LogP contribution in [-0.2, 0) is 11.4 Å². The molecule has 3 N–H and O–H groups in total. The number of nitrogens with zero attached hydrogens (tertiary/aromatic N) is 3. The number of carboxylic acids is 1. The maximum absolute atomic E-state index is 13.0. The van der Waals surface area contributed by atoms with Gasteiger partial charge in [-0.1, -0.05) is 48.0 Å². The molecule has 2 aromatic heterocycles. The molecule has 0 aliphatic heterocycles. The predicted octanol–water partition coefficient (Wildman–Crippen LogP) is 5.06. The minimum atomic E-state index is -1.58. The number of aromatic carboxylic acids is 1. The van der Waals surface area contributed by atoms with E-state index in [1.54, 1.807) is 24.3 Å². The highest BCUT2D eigenvalue weighted by Crippen LogP contribution is 2.30. The molecule has 0 amide bonds. The van der Waals surface area contributed by atoms with Crippen molar-refractivity contribution in [1.82, 2.24) is 15.0 Å². The van der Waals surface area contributed by atoms with Gasteiger partial charge in [0.15, 0.2) is 10.7 Å². The van der Waals surface area contributed by atoms with Gasteiger partial charge in [-0.3, -0.25) is 0 Å². The first-order chi connectivity index (χ1) is 16.5. The van der Waals surface area contributed by atoms with Gasteiger partial charge in [0.2, 0.25) is 5.82 Å². The fourth-order valence-electron chi connectivity index (χ4n) is 3.46. The van der Waals surface area contributed by atoms with Crippen LogP contribution >= 0.6 is 0 Å². The number of benzene rings is 3. The lowest BCUT2D eigenvalue weighted by Gasteiger charge is -2.16. The highest BCUT2D eigenvalue weighted by molar-refractivity contribution is 7.92. The molecule has 0 radical (unpaired) electrons. The third kappa shape index (κ3) is 4.34. The van der Waals surface area contributed by atoms with Gasteiger partial charge in [-0.2, -0.15) is 4.72 Å². The molecule has 5 rings (SSSR count). The Balaban J connectivity index is 1.58. The summed E-state index contributed by atoms with van der Waals surface area (Å²) in [5.74, 6) is -0.476. The highest BCUT2D eigenvalue weighted by Gasteiger charge is 2.19. The van der Waals surface area contributed by atoms with Crippen molar-refractivity contribution in [2.75, 3.05) is 10.0 Å². The fourth-order valence-corrected chi connectivity index (χ4v) is 4.28. The van der Waals surface area contributed by atoms with E-state index in [0.717, 1.165) is 10.9 Å². The second-order valence-electron chi connectivity index (χ2n) is 7.60. The number of pyridine rings is 1. The summed E-state index contributed by atoms with van der Waals surface area (Å²) >= 11 is -1.58. The summed E-state index contributed by atoms with van der Waals surface area (Å²) in [6, 6.07) is 23.4. The summed E-state index contributed by atoms with van der Waals surface area (Å²) < 4.78 is 16.0. The zero-order chi connectivity index (χ0) is 23.7. The van der Waals surface area contributed by atoms with Crippen LogP contribution in [0, 0.1) is 6.92 Å². The zero-order valence-electron chi connectivity index (χ0n) is 18.0. The monoisotopic (exact) mass is 469 g/mol. The third-order valence-corrected chi connectivity index (χ3v) is 6.27. The average Bonchev–Trinajstić information content (AvgIpc) is 2.84. The first kappa shape index (κ1) is 21.6. The Hall–Kier alpha value is -4.21. The van der Waals surface area contributed by atoms with Gasteiger partial charge in [0.05, 0.1) is 22.2 Å². The van der Waals surface area contributed by atoms with E-state index in [0.29, 0.717) is 38.8 Å². The van der Waals surface area contributed by atoms with Crippen molar-refractivity contribution in [2.45, 2.75) is 11.8 Å². The van der Waals surface area contributed by atoms with Crippen LogP contribution in [0.2, 0.25) is 0 Å². The summed E-state index contributed by atoms with van der Waals surface area (Å²) in [6.45, 7) is 1.96. The molecule has 3 aromatic carbocycles. The van der Waals surface area contributed by atoms with Crippen LogP contribution in [0.4, 0.5) is 17.3 Å². The second kappa shape index (κ2) is 8.97. The number of carboxylic acid groups (broad SMARTS) is 1. The van der Waals surface area contributed by atoms with Crippen LogP contribution in [-0.4, -0.2) is 30.6 Å². The molecule has 0 aliphatic carbocycles. The minimum absolute atomic E-state index is 0.0647.